The van der Waals surface area contributed by atoms with Crippen molar-refractivity contribution in [3.05, 3.63) is 36.1 Å². The van der Waals surface area contributed by atoms with Crippen LogP contribution in [0.5, 0.6) is 0 Å². The zero-order valence-electron chi connectivity index (χ0n) is 14.9. The van der Waals surface area contributed by atoms with Gasteiger partial charge in [0.2, 0.25) is 5.91 Å². The number of carbonyl (C=O) groups is 2. The smallest absolute Gasteiger partial charge is 0.290 e. The van der Waals surface area contributed by atoms with E-state index in [0.717, 1.165) is 18.2 Å². The summed E-state index contributed by atoms with van der Waals surface area (Å²) in [6, 6.07) is 7.57. The van der Waals surface area contributed by atoms with Gasteiger partial charge < -0.3 is 24.8 Å². The number of hydrogen-bond acceptors (Lipinski definition) is 5. The maximum atomic E-state index is 12.9. The third-order valence-electron chi connectivity index (χ3n) is 4.71. The Kier molecular flexibility index (Phi) is 5.29. The fourth-order valence-corrected chi connectivity index (χ4v) is 3.39. The molecule has 2 unspecified atom stereocenters. The number of β-amino-alcohol motifs (C(OH)–C–C–N with tert-alkyl or cyclic N) is 1. The third-order valence-corrected chi connectivity index (χ3v) is 4.71. The van der Waals surface area contributed by atoms with Gasteiger partial charge in [0, 0.05) is 11.4 Å². The van der Waals surface area contributed by atoms with E-state index in [0.29, 0.717) is 5.58 Å². The molecule has 3 rings (SSSR count). The number of carbonyl (C=O) groups excluding carboxylic acids is 2. The van der Waals surface area contributed by atoms with E-state index in [2.05, 4.69) is 5.32 Å². The van der Waals surface area contributed by atoms with E-state index in [-0.39, 0.29) is 18.3 Å². The van der Waals surface area contributed by atoms with Gasteiger partial charge in [-0.05, 0) is 25.5 Å². The van der Waals surface area contributed by atoms with Crippen molar-refractivity contribution in [1.29, 1.82) is 0 Å². The van der Waals surface area contributed by atoms with Gasteiger partial charge in [-0.25, -0.2) is 0 Å². The number of fused-ring (bicyclic) bond motifs is 1. The van der Waals surface area contributed by atoms with Crippen molar-refractivity contribution in [3.63, 3.8) is 0 Å². The molecule has 1 aromatic heterocycles. The van der Waals surface area contributed by atoms with E-state index in [1.54, 1.807) is 18.2 Å². The van der Waals surface area contributed by atoms with Crippen LogP contribution in [0.1, 0.15) is 37.2 Å². The number of nitrogens with zero attached hydrogens (tertiary/aromatic N) is 1. The first-order chi connectivity index (χ1) is 12.4. The number of hydrogen-bond donors (Lipinski definition) is 3. The van der Waals surface area contributed by atoms with E-state index in [1.165, 1.54) is 4.90 Å². The number of likely N-dealkylation sites (tertiary alicyclic amines) is 1. The summed E-state index contributed by atoms with van der Waals surface area (Å²) >= 11 is 0. The molecule has 1 aliphatic heterocycles. The molecular weight excluding hydrogens is 336 g/mol. The monoisotopic (exact) mass is 360 g/mol. The number of amides is 2. The summed E-state index contributed by atoms with van der Waals surface area (Å²) < 4.78 is 5.57. The van der Waals surface area contributed by atoms with Gasteiger partial charge in [0.25, 0.3) is 5.91 Å². The fraction of sp³-hybridized carbons (Fsp3) is 0.474. The Hall–Kier alpha value is -2.38. The van der Waals surface area contributed by atoms with Gasteiger partial charge in [0.05, 0.1) is 6.54 Å². The molecule has 3 N–H and O–H groups in total. The minimum Gasteiger partial charge on any atom is -0.451 e. The van der Waals surface area contributed by atoms with Crippen LogP contribution in [0.15, 0.2) is 34.7 Å². The van der Waals surface area contributed by atoms with Gasteiger partial charge >= 0.3 is 0 Å². The second-order valence-electron chi connectivity index (χ2n) is 6.81. The highest BCUT2D eigenvalue weighted by atomic mass is 16.4. The third kappa shape index (κ3) is 3.45. The van der Waals surface area contributed by atoms with E-state index < -0.39 is 30.1 Å². The Morgan fingerprint density at radius 1 is 1.35 bits per heavy atom. The van der Waals surface area contributed by atoms with Crippen molar-refractivity contribution in [3.8, 4) is 0 Å². The molecule has 0 bridgehead atoms. The van der Waals surface area contributed by atoms with Crippen LogP contribution in [0.2, 0.25) is 0 Å². The maximum absolute atomic E-state index is 12.9. The molecule has 1 aromatic carbocycles. The molecule has 0 aliphatic carbocycles. The van der Waals surface area contributed by atoms with Crippen molar-refractivity contribution >= 4 is 22.8 Å². The Bertz CT molecular complexity index is 769. The van der Waals surface area contributed by atoms with Gasteiger partial charge in [-0.2, -0.15) is 0 Å². The lowest BCUT2D eigenvalue weighted by Gasteiger charge is -2.26. The summed E-state index contributed by atoms with van der Waals surface area (Å²) in [5, 5.41) is 23.8. The number of nitrogens with one attached hydrogen (secondary N) is 1. The topological polar surface area (TPSA) is 103 Å². The predicted molar refractivity (Wildman–Crippen MR) is 95.6 cm³/mol. The molecule has 1 saturated heterocycles. The Balaban J connectivity index is 1.83. The Morgan fingerprint density at radius 2 is 2.08 bits per heavy atom. The molecule has 26 heavy (non-hydrogen) atoms. The normalized spacial score (nSPS) is 24.0. The summed E-state index contributed by atoms with van der Waals surface area (Å²) in [7, 11) is 0. The molecule has 2 amide bonds. The zero-order chi connectivity index (χ0) is 18.8. The summed E-state index contributed by atoms with van der Waals surface area (Å²) in [4.78, 5) is 26.6. The quantitative estimate of drug-likeness (QED) is 0.745. The molecular formula is C19H24N2O5. The second-order valence-corrected chi connectivity index (χ2v) is 6.81. The largest absolute Gasteiger partial charge is 0.451 e. The number of benzene rings is 1. The minimum atomic E-state index is -1.34. The van der Waals surface area contributed by atoms with Crippen molar-refractivity contribution < 1.29 is 24.2 Å². The summed E-state index contributed by atoms with van der Waals surface area (Å²) in [6.45, 7) is 3.75. The standard InChI is InChI=1S/C19H24N2O5/c1-3-6-11(2)20-18(24)16-17(23)13(22)10-21(16)19(25)15-9-12-7-4-5-8-14(12)26-15/h4-5,7-9,11,13,16-17,22-23H,3,6,10H2,1-2H3,(H,20,24)/t11?,13-,16?,17+/m0/s1. The molecule has 1 aliphatic rings. The average Bonchev–Trinajstić information content (AvgIpc) is 3.16. The van der Waals surface area contributed by atoms with Crippen molar-refractivity contribution in [1.82, 2.24) is 10.2 Å². The van der Waals surface area contributed by atoms with Crippen LogP contribution in [0.3, 0.4) is 0 Å². The van der Waals surface area contributed by atoms with Crippen LogP contribution in [-0.4, -0.2) is 57.8 Å². The SMILES string of the molecule is CCCC(C)NC(=O)C1[C@H](O)[C@@H](O)CN1C(=O)c1cc2ccccc2o1. The molecule has 140 valence electrons. The molecule has 2 heterocycles. The number of para-hydroxylation sites is 1. The summed E-state index contributed by atoms with van der Waals surface area (Å²) in [6.07, 6.45) is -0.828. The lowest BCUT2D eigenvalue weighted by molar-refractivity contribution is -0.128. The summed E-state index contributed by atoms with van der Waals surface area (Å²) in [5.41, 5.74) is 0.564. The number of aliphatic hydroxyl groups is 2. The molecule has 2 aromatic rings. The van der Waals surface area contributed by atoms with Crippen LogP contribution >= 0.6 is 0 Å². The highest BCUT2D eigenvalue weighted by Crippen LogP contribution is 2.25. The second kappa shape index (κ2) is 7.47. The number of aliphatic hydroxyl groups excluding tert-OH is 2. The van der Waals surface area contributed by atoms with Gasteiger partial charge in [0.15, 0.2) is 5.76 Å². The molecule has 0 saturated carbocycles. The zero-order valence-corrected chi connectivity index (χ0v) is 14.9. The van der Waals surface area contributed by atoms with Gasteiger partial charge in [-0.1, -0.05) is 31.5 Å². The average molecular weight is 360 g/mol. The van der Waals surface area contributed by atoms with E-state index >= 15 is 0 Å². The van der Waals surface area contributed by atoms with Crippen LogP contribution < -0.4 is 5.32 Å². The number of rotatable bonds is 5. The van der Waals surface area contributed by atoms with Crippen molar-refractivity contribution in [2.45, 2.75) is 51.0 Å². The lowest BCUT2D eigenvalue weighted by Crippen LogP contribution is -2.52. The first kappa shape index (κ1) is 18.4. The minimum absolute atomic E-state index is 0.0758. The fourth-order valence-electron chi connectivity index (χ4n) is 3.39. The molecule has 0 spiro atoms. The Labute approximate surface area is 151 Å². The lowest BCUT2D eigenvalue weighted by atomic mass is 10.1. The van der Waals surface area contributed by atoms with E-state index in [9.17, 15) is 19.8 Å². The molecule has 7 nitrogen and oxygen atoms in total. The van der Waals surface area contributed by atoms with Crippen LogP contribution in [0.25, 0.3) is 11.0 Å². The van der Waals surface area contributed by atoms with Gasteiger partial charge in [-0.15, -0.1) is 0 Å². The van der Waals surface area contributed by atoms with E-state index in [4.69, 9.17) is 4.42 Å². The van der Waals surface area contributed by atoms with E-state index in [1.807, 2.05) is 26.0 Å². The molecule has 0 radical (unpaired) electrons. The highest BCUT2D eigenvalue weighted by molar-refractivity contribution is 5.99. The predicted octanol–water partition coefficient (Wildman–Crippen LogP) is 1.28. The van der Waals surface area contributed by atoms with Gasteiger partial charge in [0.1, 0.15) is 23.8 Å². The van der Waals surface area contributed by atoms with Crippen molar-refractivity contribution in [2.24, 2.45) is 0 Å². The maximum Gasteiger partial charge on any atom is 0.290 e. The van der Waals surface area contributed by atoms with Crippen LogP contribution in [0, 0.1) is 0 Å². The van der Waals surface area contributed by atoms with Gasteiger partial charge in [-0.3, -0.25) is 9.59 Å². The molecule has 1 fully saturated rings. The number of furan rings is 1. The summed E-state index contributed by atoms with van der Waals surface area (Å²) in [5.74, 6) is -0.925. The first-order valence-electron chi connectivity index (χ1n) is 8.88. The van der Waals surface area contributed by atoms with Crippen LogP contribution in [-0.2, 0) is 4.79 Å². The highest BCUT2D eigenvalue weighted by Gasteiger charge is 2.47. The first-order valence-corrected chi connectivity index (χ1v) is 8.88. The molecule has 7 heteroatoms. The van der Waals surface area contributed by atoms with Crippen molar-refractivity contribution in [2.75, 3.05) is 6.54 Å². The molecule has 4 atom stereocenters. The van der Waals surface area contributed by atoms with Crippen LogP contribution in [0.4, 0.5) is 0 Å². The Morgan fingerprint density at radius 3 is 2.77 bits per heavy atom.